The first kappa shape index (κ1) is 22.0. The van der Waals surface area contributed by atoms with E-state index in [9.17, 15) is 4.79 Å². The van der Waals surface area contributed by atoms with Crippen molar-refractivity contribution in [2.24, 2.45) is 5.92 Å². The molecule has 1 fully saturated rings. The zero-order valence-corrected chi connectivity index (χ0v) is 19.4. The van der Waals surface area contributed by atoms with Crippen molar-refractivity contribution in [3.8, 4) is 0 Å². The highest BCUT2D eigenvalue weighted by Crippen LogP contribution is 2.38. The van der Waals surface area contributed by atoms with E-state index in [-0.39, 0.29) is 23.1 Å². The molecular formula is C23H26ClN3O3S. The number of benzene rings is 1. The Labute approximate surface area is 191 Å². The van der Waals surface area contributed by atoms with Gasteiger partial charge >= 0.3 is 5.97 Å². The Balaban J connectivity index is 1.67. The maximum Gasteiger partial charge on any atom is 0.313 e. The van der Waals surface area contributed by atoms with Crippen molar-refractivity contribution in [3.63, 3.8) is 0 Å². The van der Waals surface area contributed by atoms with E-state index in [0.717, 1.165) is 27.8 Å². The van der Waals surface area contributed by atoms with Gasteiger partial charge in [-0.05, 0) is 47.0 Å². The summed E-state index contributed by atoms with van der Waals surface area (Å²) >= 11 is 7.70. The molecule has 0 bridgehead atoms. The number of carbonyl (C=O) groups is 1. The fourth-order valence-corrected chi connectivity index (χ4v) is 5.13. The van der Waals surface area contributed by atoms with E-state index in [1.807, 2.05) is 44.4 Å². The highest BCUT2D eigenvalue weighted by Gasteiger charge is 2.38. The second kappa shape index (κ2) is 9.10. The van der Waals surface area contributed by atoms with Crippen molar-refractivity contribution in [1.29, 1.82) is 0 Å². The van der Waals surface area contributed by atoms with Crippen molar-refractivity contribution in [1.82, 2.24) is 9.97 Å². The summed E-state index contributed by atoms with van der Waals surface area (Å²) in [7, 11) is 0. The number of nitrogens with zero attached hydrogens (tertiary/aromatic N) is 2. The lowest BCUT2D eigenvalue weighted by atomic mass is 9.84. The Kier molecular flexibility index (Phi) is 6.46. The summed E-state index contributed by atoms with van der Waals surface area (Å²) in [5.41, 5.74) is 1.61. The summed E-state index contributed by atoms with van der Waals surface area (Å²) in [6.07, 6.45) is 0.797. The van der Waals surface area contributed by atoms with Gasteiger partial charge in [0.25, 0.3) is 0 Å². The summed E-state index contributed by atoms with van der Waals surface area (Å²) in [4.78, 5) is 22.1. The summed E-state index contributed by atoms with van der Waals surface area (Å²) in [5.74, 6) is 0.376. The number of carbonyl (C=O) groups excluding carboxylic acids is 1. The number of esters is 1. The van der Waals surface area contributed by atoms with Crippen molar-refractivity contribution in [2.45, 2.75) is 38.6 Å². The molecule has 31 heavy (non-hydrogen) atoms. The van der Waals surface area contributed by atoms with Crippen LogP contribution in [0.25, 0.3) is 10.2 Å². The number of nitrogens with one attached hydrogen (secondary N) is 1. The quantitative estimate of drug-likeness (QED) is 0.378. The molecule has 1 aliphatic rings. The molecule has 1 aliphatic heterocycles. The number of hydrogen-bond donors (Lipinski definition) is 1. The fraction of sp³-hybridized carbons (Fsp3) is 0.435. The Bertz CT molecular complexity index is 1060. The summed E-state index contributed by atoms with van der Waals surface area (Å²) in [6, 6.07) is 10.2. The maximum atomic E-state index is 12.5. The van der Waals surface area contributed by atoms with Gasteiger partial charge in [0, 0.05) is 13.0 Å². The zero-order chi connectivity index (χ0) is 22.0. The average Bonchev–Trinajstić information content (AvgIpc) is 3.39. The summed E-state index contributed by atoms with van der Waals surface area (Å²) in [6.45, 7) is 7.45. The molecule has 2 atom stereocenters. The first-order valence-electron chi connectivity index (χ1n) is 10.5. The smallest absolute Gasteiger partial charge is 0.313 e. The molecule has 164 valence electrons. The SMILES string of the molecule is CCOC(=O)C(c1ccc(C2(Nc3nc(Cl)nc4sccc34)CCOC2)cc1)C(C)C. The van der Waals surface area contributed by atoms with E-state index in [1.54, 1.807) is 0 Å². The Morgan fingerprint density at radius 1 is 1.29 bits per heavy atom. The molecule has 0 amide bonds. The Morgan fingerprint density at radius 3 is 2.71 bits per heavy atom. The predicted octanol–water partition coefficient (Wildman–Crippen LogP) is 5.38. The van der Waals surface area contributed by atoms with Gasteiger partial charge in [0.1, 0.15) is 10.6 Å². The van der Waals surface area contributed by atoms with Crippen LogP contribution >= 0.6 is 22.9 Å². The fourth-order valence-electron chi connectivity index (χ4n) is 4.15. The van der Waals surface area contributed by atoms with E-state index in [1.165, 1.54) is 11.3 Å². The molecule has 4 rings (SSSR count). The molecule has 1 N–H and O–H groups in total. The minimum absolute atomic E-state index is 0.141. The molecule has 0 saturated carbocycles. The van der Waals surface area contributed by atoms with Crippen LogP contribution in [0.2, 0.25) is 5.28 Å². The molecular weight excluding hydrogens is 434 g/mol. The van der Waals surface area contributed by atoms with E-state index in [2.05, 4.69) is 27.4 Å². The van der Waals surface area contributed by atoms with E-state index < -0.39 is 5.54 Å². The van der Waals surface area contributed by atoms with Gasteiger partial charge in [-0.25, -0.2) is 9.97 Å². The highest BCUT2D eigenvalue weighted by atomic mass is 35.5. The number of fused-ring (bicyclic) bond motifs is 1. The van der Waals surface area contributed by atoms with Gasteiger partial charge in [-0.2, -0.15) is 0 Å². The lowest BCUT2D eigenvalue weighted by Gasteiger charge is -2.31. The number of aromatic nitrogens is 2. The third-order valence-electron chi connectivity index (χ3n) is 5.71. The maximum absolute atomic E-state index is 12.5. The second-order valence-corrected chi connectivity index (χ2v) is 9.32. The number of thiophene rings is 1. The molecule has 0 radical (unpaired) electrons. The molecule has 6 nitrogen and oxygen atoms in total. The largest absolute Gasteiger partial charge is 0.466 e. The lowest BCUT2D eigenvalue weighted by Crippen LogP contribution is -2.36. The molecule has 0 aliphatic carbocycles. The van der Waals surface area contributed by atoms with E-state index >= 15 is 0 Å². The van der Waals surface area contributed by atoms with E-state index in [0.29, 0.717) is 25.6 Å². The van der Waals surface area contributed by atoms with Crippen LogP contribution in [0.4, 0.5) is 5.82 Å². The third kappa shape index (κ3) is 4.40. The molecule has 1 saturated heterocycles. The van der Waals surface area contributed by atoms with Gasteiger partial charge in [-0.15, -0.1) is 11.3 Å². The van der Waals surface area contributed by atoms with Gasteiger partial charge in [-0.1, -0.05) is 38.1 Å². The normalized spacial score (nSPS) is 19.6. The minimum Gasteiger partial charge on any atom is -0.466 e. The van der Waals surface area contributed by atoms with E-state index in [4.69, 9.17) is 21.1 Å². The second-order valence-electron chi connectivity index (χ2n) is 8.09. The van der Waals surface area contributed by atoms with Crippen LogP contribution in [0.5, 0.6) is 0 Å². The number of hydrogen-bond acceptors (Lipinski definition) is 7. The predicted molar refractivity (Wildman–Crippen MR) is 124 cm³/mol. The first-order chi connectivity index (χ1) is 14.9. The first-order valence-corrected chi connectivity index (χ1v) is 11.7. The molecule has 3 aromatic rings. The van der Waals surface area contributed by atoms with Crippen molar-refractivity contribution >= 4 is 44.9 Å². The Hall–Kier alpha value is -2.22. The summed E-state index contributed by atoms with van der Waals surface area (Å²) in [5, 5.41) is 6.75. The summed E-state index contributed by atoms with van der Waals surface area (Å²) < 4.78 is 11.1. The van der Waals surface area contributed by atoms with Crippen LogP contribution in [0.1, 0.15) is 44.2 Å². The van der Waals surface area contributed by atoms with Crippen LogP contribution in [-0.2, 0) is 19.8 Å². The molecule has 1 aromatic carbocycles. The minimum atomic E-state index is -0.428. The van der Waals surface area contributed by atoms with Crippen LogP contribution in [0.3, 0.4) is 0 Å². The number of rotatable bonds is 7. The zero-order valence-electron chi connectivity index (χ0n) is 17.9. The number of anilines is 1. The number of ether oxygens (including phenoxy) is 2. The van der Waals surface area contributed by atoms with Crippen LogP contribution in [-0.4, -0.2) is 35.8 Å². The van der Waals surface area contributed by atoms with Crippen molar-refractivity contribution in [3.05, 3.63) is 52.1 Å². The highest BCUT2D eigenvalue weighted by molar-refractivity contribution is 7.16. The average molecular weight is 460 g/mol. The Morgan fingerprint density at radius 2 is 2.06 bits per heavy atom. The van der Waals surface area contributed by atoms with Gasteiger partial charge < -0.3 is 14.8 Å². The molecule has 0 spiro atoms. The number of halogens is 1. The topological polar surface area (TPSA) is 73.3 Å². The van der Waals surface area contributed by atoms with Gasteiger partial charge in [-0.3, -0.25) is 4.79 Å². The third-order valence-corrected chi connectivity index (χ3v) is 6.68. The van der Waals surface area contributed by atoms with Gasteiger partial charge in [0.2, 0.25) is 5.28 Å². The molecule has 8 heteroatoms. The van der Waals surface area contributed by atoms with Crippen LogP contribution in [0, 0.1) is 5.92 Å². The van der Waals surface area contributed by atoms with Crippen molar-refractivity contribution < 1.29 is 14.3 Å². The molecule has 2 unspecified atom stereocenters. The monoisotopic (exact) mass is 459 g/mol. The van der Waals surface area contributed by atoms with Crippen molar-refractivity contribution in [2.75, 3.05) is 25.1 Å². The van der Waals surface area contributed by atoms with Crippen LogP contribution < -0.4 is 5.32 Å². The molecule has 3 heterocycles. The van der Waals surface area contributed by atoms with Gasteiger partial charge in [0.05, 0.1) is 30.1 Å². The standard InChI is InChI=1S/C23H26ClN3O3S/c1-4-30-21(28)18(14(2)3)15-5-7-16(8-6-15)23(10-11-29-13-23)27-19-17-9-12-31-20(17)26-22(24)25-19/h5-9,12,14,18H,4,10-11,13H2,1-3H3,(H,25,26,27). The lowest BCUT2D eigenvalue weighted by molar-refractivity contribution is -0.146. The van der Waals surface area contributed by atoms with Crippen LogP contribution in [0.15, 0.2) is 35.7 Å². The molecule has 2 aromatic heterocycles. The van der Waals surface area contributed by atoms with Gasteiger partial charge in [0.15, 0.2) is 0 Å².